The molecule has 0 fully saturated rings. The molecule has 2 N–H and O–H groups in total. The first-order valence-corrected chi connectivity index (χ1v) is 12.1. The van der Waals surface area contributed by atoms with E-state index in [1.54, 1.807) is 30.6 Å². The Bertz CT molecular complexity index is 1380. The fraction of sp³-hybridized carbons (Fsp3) is 0.115. The molecule has 0 saturated carbocycles. The van der Waals surface area contributed by atoms with Crippen LogP contribution in [0.15, 0.2) is 96.2 Å². The molecule has 0 unspecified atom stereocenters. The fourth-order valence-electron chi connectivity index (χ4n) is 4.23. The lowest BCUT2D eigenvalue weighted by atomic mass is 10.0. The van der Waals surface area contributed by atoms with Gasteiger partial charge in [-0.3, -0.25) is 4.98 Å². The fourth-order valence-corrected chi connectivity index (χ4v) is 5.49. The number of pyridine rings is 1. The highest BCUT2D eigenvalue weighted by atomic mass is 32.2. The van der Waals surface area contributed by atoms with E-state index in [4.69, 9.17) is 0 Å². The number of rotatable bonds is 7. The summed E-state index contributed by atoms with van der Waals surface area (Å²) in [6, 6.07) is 23.8. The lowest BCUT2D eigenvalue weighted by Gasteiger charge is -2.10. The first kappa shape index (κ1) is 20.6. The van der Waals surface area contributed by atoms with E-state index in [1.807, 2.05) is 6.07 Å². The van der Waals surface area contributed by atoms with E-state index in [9.17, 15) is 8.42 Å². The molecule has 0 atom stereocenters. The van der Waals surface area contributed by atoms with Crippen molar-refractivity contribution in [1.82, 2.24) is 15.0 Å². The molecule has 0 saturated heterocycles. The van der Waals surface area contributed by atoms with Crippen molar-refractivity contribution in [2.45, 2.75) is 4.90 Å². The molecule has 160 valence electrons. The van der Waals surface area contributed by atoms with Gasteiger partial charge in [0.1, 0.15) is 0 Å². The second kappa shape index (κ2) is 8.67. The van der Waals surface area contributed by atoms with Crippen LogP contribution in [0, 0.1) is 0 Å². The third kappa shape index (κ3) is 3.84. The second-order valence-corrected chi connectivity index (χ2v) is 9.40. The van der Waals surface area contributed by atoms with Crippen molar-refractivity contribution in [2.24, 2.45) is 0 Å². The Kier molecular flexibility index (Phi) is 5.57. The Morgan fingerprint density at radius 3 is 2.19 bits per heavy atom. The van der Waals surface area contributed by atoms with Gasteiger partial charge in [0, 0.05) is 42.8 Å². The van der Waals surface area contributed by atoms with Gasteiger partial charge >= 0.3 is 0 Å². The van der Waals surface area contributed by atoms with E-state index in [1.165, 1.54) is 27.8 Å². The molecule has 0 amide bonds. The van der Waals surface area contributed by atoms with E-state index in [0.717, 1.165) is 5.39 Å². The normalized spacial score (nSPS) is 12.6. The molecule has 1 aliphatic carbocycles. The SMILES string of the molecule is O=S(=O)(NCCNCC=C1c2ccccc2-c2ccccc21)c1cccc2cnccc12. The lowest BCUT2D eigenvalue weighted by molar-refractivity contribution is 0.579. The van der Waals surface area contributed by atoms with Gasteiger partial charge in [-0.25, -0.2) is 13.1 Å². The van der Waals surface area contributed by atoms with Crippen molar-refractivity contribution in [3.63, 3.8) is 0 Å². The van der Waals surface area contributed by atoms with Crippen molar-refractivity contribution in [1.29, 1.82) is 0 Å². The molecule has 4 aromatic rings. The summed E-state index contributed by atoms with van der Waals surface area (Å²) in [4.78, 5) is 4.34. The van der Waals surface area contributed by atoms with Gasteiger partial charge in [0.2, 0.25) is 10.0 Å². The van der Waals surface area contributed by atoms with E-state index < -0.39 is 10.0 Å². The molecule has 6 heteroatoms. The molecule has 0 aliphatic heterocycles. The number of hydrogen-bond donors (Lipinski definition) is 2. The molecule has 3 aromatic carbocycles. The Balaban J connectivity index is 1.22. The smallest absolute Gasteiger partial charge is 0.241 e. The van der Waals surface area contributed by atoms with Crippen LogP contribution in [0.5, 0.6) is 0 Å². The average molecular weight is 442 g/mol. The number of fused-ring (bicyclic) bond motifs is 4. The minimum Gasteiger partial charge on any atom is -0.312 e. The average Bonchev–Trinajstić information content (AvgIpc) is 3.15. The zero-order chi connectivity index (χ0) is 22.0. The predicted molar refractivity (Wildman–Crippen MR) is 129 cm³/mol. The molecule has 5 nitrogen and oxygen atoms in total. The van der Waals surface area contributed by atoms with Gasteiger partial charge in [0.15, 0.2) is 0 Å². The van der Waals surface area contributed by atoms with Crippen molar-refractivity contribution < 1.29 is 8.42 Å². The third-order valence-corrected chi connectivity index (χ3v) is 7.22. The van der Waals surface area contributed by atoms with Gasteiger partial charge in [-0.05, 0) is 40.0 Å². The van der Waals surface area contributed by atoms with Crippen LogP contribution in [0.4, 0.5) is 0 Å². The number of benzene rings is 3. The summed E-state index contributed by atoms with van der Waals surface area (Å²) in [5, 5.41) is 4.80. The van der Waals surface area contributed by atoms with Gasteiger partial charge in [-0.1, -0.05) is 66.7 Å². The number of hydrogen-bond acceptors (Lipinski definition) is 4. The Morgan fingerprint density at radius 1 is 0.781 bits per heavy atom. The Morgan fingerprint density at radius 2 is 1.47 bits per heavy atom. The Hall–Kier alpha value is -3.32. The van der Waals surface area contributed by atoms with Crippen LogP contribution in [-0.4, -0.2) is 33.0 Å². The minimum atomic E-state index is -3.60. The molecule has 5 rings (SSSR count). The van der Waals surface area contributed by atoms with Gasteiger partial charge in [0.25, 0.3) is 0 Å². The van der Waals surface area contributed by atoms with Crippen molar-refractivity contribution in [2.75, 3.05) is 19.6 Å². The van der Waals surface area contributed by atoms with Gasteiger partial charge in [0.05, 0.1) is 4.90 Å². The summed E-state index contributed by atoms with van der Waals surface area (Å²) >= 11 is 0. The summed E-state index contributed by atoms with van der Waals surface area (Å²) in [5.41, 5.74) is 6.21. The monoisotopic (exact) mass is 441 g/mol. The van der Waals surface area contributed by atoms with Crippen LogP contribution >= 0.6 is 0 Å². The van der Waals surface area contributed by atoms with Crippen LogP contribution in [0.1, 0.15) is 11.1 Å². The minimum absolute atomic E-state index is 0.277. The zero-order valence-corrected chi connectivity index (χ0v) is 18.3. The molecule has 1 heterocycles. The molecule has 1 aliphatic rings. The van der Waals surface area contributed by atoms with Crippen molar-refractivity contribution in [3.8, 4) is 11.1 Å². The van der Waals surface area contributed by atoms with E-state index >= 15 is 0 Å². The molecule has 0 radical (unpaired) electrons. The number of nitrogens with one attached hydrogen (secondary N) is 2. The second-order valence-electron chi connectivity index (χ2n) is 7.66. The maximum absolute atomic E-state index is 12.8. The maximum Gasteiger partial charge on any atom is 0.241 e. The zero-order valence-electron chi connectivity index (χ0n) is 17.5. The first-order valence-electron chi connectivity index (χ1n) is 10.6. The van der Waals surface area contributed by atoms with E-state index in [2.05, 4.69) is 69.6 Å². The molecule has 0 spiro atoms. The van der Waals surface area contributed by atoms with Gasteiger partial charge < -0.3 is 5.32 Å². The quantitative estimate of drug-likeness (QED) is 0.371. The predicted octanol–water partition coefficient (Wildman–Crippen LogP) is 4.22. The molecule has 1 aromatic heterocycles. The largest absolute Gasteiger partial charge is 0.312 e. The summed E-state index contributed by atoms with van der Waals surface area (Å²) in [5.74, 6) is 0. The highest BCUT2D eigenvalue weighted by Crippen LogP contribution is 2.43. The van der Waals surface area contributed by atoms with Crippen LogP contribution in [0.2, 0.25) is 0 Å². The number of aromatic nitrogens is 1. The van der Waals surface area contributed by atoms with Crippen LogP contribution in [-0.2, 0) is 10.0 Å². The molecule has 0 bridgehead atoms. The first-order chi connectivity index (χ1) is 15.6. The van der Waals surface area contributed by atoms with E-state index in [0.29, 0.717) is 25.0 Å². The highest BCUT2D eigenvalue weighted by Gasteiger charge is 2.21. The van der Waals surface area contributed by atoms with Crippen LogP contribution in [0.3, 0.4) is 0 Å². The number of nitrogens with zero attached hydrogens (tertiary/aromatic N) is 1. The van der Waals surface area contributed by atoms with Crippen molar-refractivity contribution >= 4 is 26.4 Å². The maximum atomic E-state index is 12.8. The van der Waals surface area contributed by atoms with Gasteiger partial charge in [-0.15, -0.1) is 0 Å². The van der Waals surface area contributed by atoms with E-state index in [-0.39, 0.29) is 4.90 Å². The topological polar surface area (TPSA) is 71.1 Å². The third-order valence-electron chi connectivity index (χ3n) is 5.70. The molecule has 32 heavy (non-hydrogen) atoms. The van der Waals surface area contributed by atoms with Crippen molar-refractivity contribution in [3.05, 3.63) is 102 Å². The summed E-state index contributed by atoms with van der Waals surface area (Å²) < 4.78 is 28.3. The highest BCUT2D eigenvalue weighted by molar-refractivity contribution is 7.89. The molecular weight excluding hydrogens is 418 g/mol. The summed E-state index contributed by atoms with van der Waals surface area (Å²) in [6.45, 7) is 1.48. The van der Waals surface area contributed by atoms with Crippen LogP contribution < -0.4 is 10.0 Å². The Labute approximate surface area is 187 Å². The van der Waals surface area contributed by atoms with Crippen LogP contribution in [0.25, 0.3) is 27.5 Å². The standard InChI is InChI=1S/C26H23N3O2S/c30-32(31,26-11-5-6-19-18-28-15-12-20(19)26)29-17-16-27-14-13-25-23-9-3-1-7-21(23)22-8-2-4-10-24(22)25/h1-13,15,18,27,29H,14,16-17H2. The lowest BCUT2D eigenvalue weighted by Crippen LogP contribution is -2.32. The molecular formula is C26H23N3O2S. The number of sulfonamides is 1. The van der Waals surface area contributed by atoms with Gasteiger partial charge in [-0.2, -0.15) is 0 Å². The summed E-state index contributed by atoms with van der Waals surface area (Å²) in [7, 11) is -3.60. The summed E-state index contributed by atoms with van der Waals surface area (Å²) in [6.07, 6.45) is 5.45.